The van der Waals surface area contributed by atoms with Gasteiger partial charge in [0.2, 0.25) is 0 Å². The first-order valence-electron chi connectivity index (χ1n) is 19.3. The Bertz CT molecular complexity index is 2840. The molecule has 0 saturated heterocycles. The molecule has 0 fully saturated rings. The van der Waals surface area contributed by atoms with E-state index in [0.29, 0.717) is 0 Å². The van der Waals surface area contributed by atoms with Crippen LogP contribution in [0.1, 0.15) is 74.7 Å². The molecule has 15 N–H and O–H groups in total. The van der Waals surface area contributed by atoms with Crippen molar-refractivity contribution >= 4 is 0 Å². The van der Waals surface area contributed by atoms with Gasteiger partial charge in [0.25, 0.3) is 0 Å². The summed E-state index contributed by atoms with van der Waals surface area (Å²) in [6.45, 7) is 0. The number of fused-ring (bicyclic) bond motifs is 3. The van der Waals surface area contributed by atoms with Crippen LogP contribution in [-0.2, 0) is 6.42 Å². The van der Waals surface area contributed by atoms with Crippen molar-refractivity contribution < 1.29 is 90.8 Å². The van der Waals surface area contributed by atoms with Gasteiger partial charge in [0.1, 0.15) is 70.1 Å². The standard InChI is InChI=1S/C45H38O18/c46-18-10-27(54)33-32(11-18)61-42(16-2-5-21(48)25(52)8-16)39(59)37(33)35-29(56)14-30(57)36-38(40(60)43(63-45(35)36)17-3-6-22(49)26(53)9-17)34-28(55)13-23(50)19-12-31(58)41(62-44(19)34)15-1-4-20(47)24(51)7-15/h1-11,13-14,31,37-43,46-60H,12H2/t31-,37?,38?,39-,40-,41+,42+,43+/m0/s1. The summed E-state index contributed by atoms with van der Waals surface area (Å²) in [5.74, 6) is -11.5. The maximum Gasteiger partial charge on any atom is 0.157 e. The summed E-state index contributed by atoms with van der Waals surface area (Å²) in [5.41, 5.74) is -1.10. The Labute approximate surface area is 354 Å². The lowest BCUT2D eigenvalue weighted by atomic mass is 9.73. The summed E-state index contributed by atoms with van der Waals surface area (Å²) in [7, 11) is 0. The van der Waals surface area contributed by atoms with Gasteiger partial charge in [-0.25, -0.2) is 0 Å². The lowest BCUT2D eigenvalue weighted by molar-refractivity contribution is -0.00562. The summed E-state index contributed by atoms with van der Waals surface area (Å²) in [6, 6.07) is 14.4. The number of phenolic OH excluding ortho intramolecular Hbond substituents is 12. The molecule has 0 spiro atoms. The normalized spacial score (nSPS) is 23.6. The molecule has 326 valence electrons. The van der Waals surface area contributed by atoms with Gasteiger partial charge in [-0.3, -0.25) is 0 Å². The molecule has 0 aromatic heterocycles. The molecule has 3 heterocycles. The van der Waals surface area contributed by atoms with Crippen LogP contribution in [0.15, 0.2) is 78.9 Å². The van der Waals surface area contributed by atoms with E-state index in [1.165, 1.54) is 18.2 Å². The summed E-state index contributed by atoms with van der Waals surface area (Å²) in [4.78, 5) is 0. The minimum absolute atomic E-state index is 0.0127. The van der Waals surface area contributed by atoms with Crippen molar-refractivity contribution in [3.63, 3.8) is 0 Å². The van der Waals surface area contributed by atoms with E-state index in [0.717, 1.165) is 60.7 Å². The van der Waals surface area contributed by atoms with Crippen molar-refractivity contribution in [3.8, 4) is 86.2 Å². The van der Waals surface area contributed by atoms with Crippen LogP contribution in [0.5, 0.6) is 86.2 Å². The number of hydrogen-bond donors (Lipinski definition) is 15. The molecule has 0 bridgehead atoms. The molecule has 63 heavy (non-hydrogen) atoms. The van der Waals surface area contributed by atoms with Crippen molar-refractivity contribution in [2.24, 2.45) is 0 Å². The third-order valence-electron chi connectivity index (χ3n) is 11.8. The third-order valence-corrected chi connectivity index (χ3v) is 11.8. The first-order valence-corrected chi connectivity index (χ1v) is 19.3. The van der Waals surface area contributed by atoms with E-state index in [9.17, 15) is 76.6 Å². The highest BCUT2D eigenvalue weighted by atomic mass is 16.5. The minimum atomic E-state index is -1.90. The number of benzene rings is 6. The van der Waals surface area contributed by atoms with Gasteiger partial charge in [-0.1, -0.05) is 18.2 Å². The molecule has 3 aliphatic heterocycles. The van der Waals surface area contributed by atoms with Gasteiger partial charge in [-0.15, -0.1) is 0 Å². The minimum Gasteiger partial charge on any atom is -0.508 e. The summed E-state index contributed by atoms with van der Waals surface area (Å²) >= 11 is 0. The van der Waals surface area contributed by atoms with Gasteiger partial charge in [-0.05, 0) is 53.1 Å². The zero-order valence-corrected chi connectivity index (χ0v) is 32.3. The molecule has 0 aliphatic carbocycles. The van der Waals surface area contributed by atoms with Crippen molar-refractivity contribution in [2.45, 2.75) is 54.9 Å². The van der Waals surface area contributed by atoms with Gasteiger partial charge < -0.3 is 90.8 Å². The number of hydrogen-bond acceptors (Lipinski definition) is 18. The van der Waals surface area contributed by atoms with E-state index in [1.54, 1.807) is 0 Å². The van der Waals surface area contributed by atoms with Crippen LogP contribution in [0, 0.1) is 0 Å². The largest absolute Gasteiger partial charge is 0.508 e. The van der Waals surface area contributed by atoms with Gasteiger partial charge in [0.05, 0.1) is 17.9 Å². The lowest BCUT2D eigenvalue weighted by Gasteiger charge is -2.43. The molecular weight excluding hydrogens is 828 g/mol. The average molecular weight is 867 g/mol. The van der Waals surface area contributed by atoms with E-state index in [2.05, 4.69) is 0 Å². The van der Waals surface area contributed by atoms with Crippen molar-refractivity contribution in [1.82, 2.24) is 0 Å². The molecular formula is C45H38O18. The van der Waals surface area contributed by atoms with Crippen molar-refractivity contribution in [2.75, 3.05) is 0 Å². The van der Waals surface area contributed by atoms with E-state index in [4.69, 9.17) is 14.2 Å². The van der Waals surface area contributed by atoms with Crippen LogP contribution < -0.4 is 14.2 Å². The molecule has 9 rings (SSSR count). The molecule has 0 amide bonds. The average Bonchev–Trinajstić information content (AvgIpc) is 3.22. The number of aromatic hydroxyl groups is 12. The molecule has 0 saturated carbocycles. The first-order chi connectivity index (χ1) is 29.9. The molecule has 18 nitrogen and oxygen atoms in total. The van der Waals surface area contributed by atoms with Gasteiger partial charge in [0.15, 0.2) is 46.7 Å². The predicted molar refractivity (Wildman–Crippen MR) is 214 cm³/mol. The maximum absolute atomic E-state index is 12.5. The highest BCUT2D eigenvalue weighted by molar-refractivity contribution is 5.70. The zero-order chi connectivity index (χ0) is 44.9. The lowest BCUT2D eigenvalue weighted by Crippen LogP contribution is -2.39. The van der Waals surface area contributed by atoms with Crippen LogP contribution >= 0.6 is 0 Å². The SMILES string of the molecule is Oc1cc(O)c2c(c1)O[C@H](c1ccc(O)c(O)c1)[C@@H](O)C2c1c(O)cc(O)c2c1O[C@H](c1ccc(O)c(O)c1)[C@@H](O)C2c1c(O)cc(O)c2c1O[C@H](c1ccc(O)c(O)c1)[C@@H](O)C2. The Balaban J connectivity index is 1.31. The summed E-state index contributed by atoms with van der Waals surface area (Å²) in [5, 5.41) is 166. The van der Waals surface area contributed by atoms with Gasteiger partial charge in [-0.2, -0.15) is 0 Å². The van der Waals surface area contributed by atoms with Crippen LogP contribution in [0.3, 0.4) is 0 Å². The highest BCUT2D eigenvalue weighted by Gasteiger charge is 2.51. The number of aliphatic hydroxyl groups is 3. The molecule has 6 aromatic carbocycles. The number of ether oxygens (including phenoxy) is 3. The summed E-state index contributed by atoms with van der Waals surface area (Å²) in [6.07, 6.45) is -9.93. The monoisotopic (exact) mass is 866 g/mol. The van der Waals surface area contributed by atoms with Crippen LogP contribution in [0.25, 0.3) is 0 Å². The van der Waals surface area contributed by atoms with Gasteiger partial charge in [0, 0.05) is 58.5 Å². The van der Waals surface area contributed by atoms with E-state index in [1.807, 2.05) is 0 Å². The number of aliphatic hydroxyl groups excluding tert-OH is 3. The fourth-order valence-electron chi connectivity index (χ4n) is 8.94. The molecule has 2 unspecified atom stereocenters. The second-order valence-electron chi connectivity index (χ2n) is 15.7. The quantitative estimate of drug-likeness (QED) is 0.106. The van der Waals surface area contributed by atoms with Crippen LogP contribution in [-0.4, -0.2) is 94.9 Å². The maximum atomic E-state index is 12.5. The fraction of sp³-hybridized carbons (Fsp3) is 0.200. The Hall–Kier alpha value is -7.80. The molecule has 8 atom stereocenters. The smallest absolute Gasteiger partial charge is 0.157 e. The van der Waals surface area contributed by atoms with E-state index < -0.39 is 123 Å². The second kappa shape index (κ2) is 14.7. The van der Waals surface area contributed by atoms with E-state index >= 15 is 0 Å². The van der Waals surface area contributed by atoms with Crippen LogP contribution in [0.4, 0.5) is 0 Å². The fourth-order valence-corrected chi connectivity index (χ4v) is 8.94. The zero-order valence-electron chi connectivity index (χ0n) is 32.3. The third kappa shape index (κ3) is 6.46. The Kier molecular flexibility index (Phi) is 9.46. The number of phenols is 12. The van der Waals surface area contributed by atoms with Crippen LogP contribution in [0.2, 0.25) is 0 Å². The Morgan fingerprint density at radius 1 is 0.365 bits per heavy atom. The molecule has 6 aromatic rings. The first kappa shape index (κ1) is 40.6. The molecule has 0 radical (unpaired) electrons. The topological polar surface area (TPSA) is 331 Å². The molecule has 3 aliphatic rings. The van der Waals surface area contributed by atoms with Crippen molar-refractivity contribution in [3.05, 3.63) is 123 Å². The van der Waals surface area contributed by atoms with E-state index in [-0.39, 0.29) is 62.4 Å². The number of rotatable bonds is 5. The summed E-state index contributed by atoms with van der Waals surface area (Å²) < 4.78 is 18.9. The molecule has 18 heteroatoms. The predicted octanol–water partition coefficient (Wildman–Crippen LogP) is 4.44. The highest BCUT2D eigenvalue weighted by Crippen LogP contribution is 2.62. The Morgan fingerprint density at radius 3 is 1.29 bits per heavy atom. The van der Waals surface area contributed by atoms with Crippen molar-refractivity contribution in [1.29, 1.82) is 0 Å². The Morgan fingerprint density at radius 2 is 0.778 bits per heavy atom. The second-order valence-corrected chi connectivity index (χ2v) is 15.7. The van der Waals surface area contributed by atoms with Gasteiger partial charge >= 0.3 is 0 Å².